The van der Waals surface area contributed by atoms with Crippen molar-refractivity contribution in [2.45, 2.75) is 20.8 Å². The molecule has 3 aromatic rings. The molecule has 11 heteroatoms. The molecular weight excluding hydrogens is 492 g/mol. The number of aromatic nitrogens is 2. The zero-order valence-corrected chi connectivity index (χ0v) is 22.1. The third-order valence-corrected chi connectivity index (χ3v) is 5.28. The lowest BCUT2D eigenvalue weighted by Crippen LogP contribution is -2.20. The van der Waals surface area contributed by atoms with E-state index in [1.807, 2.05) is 20.8 Å². The fraction of sp³-hybridized carbons (Fsp3) is 0.407. The van der Waals surface area contributed by atoms with E-state index in [1.54, 1.807) is 60.3 Å². The number of Topliss-reactive ketones (excluding diaryl/α,β-unsaturated/α-hetero) is 1. The molecule has 0 unspecified atom stereocenters. The SMILES string of the molecule is COCCOCCOCCOC(=O)Nc1ccc(C(=O)Nc2ccc3nc(C(=O)C(C)(C)C)cn3c2)cc1. The Hall–Kier alpha value is -3.80. The van der Waals surface area contributed by atoms with Crippen molar-refractivity contribution in [3.63, 3.8) is 0 Å². The first-order chi connectivity index (χ1) is 18.2. The molecule has 0 aliphatic carbocycles. The summed E-state index contributed by atoms with van der Waals surface area (Å²) in [5.74, 6) is -0.384. The smallest absolute Gasteiger partial charge is 0.411 e. The van der Waals surface area contributed by atoms with Gasteiger partial charge in [-0.2, -0.15) is 0 Å². The van der Waals surface area contributed by atoms with E-state index in [2.05, 4.69) is 15.6 Å². The third kappa shape index (κ3) is 8.65. The Balaban J connectivity index is 1.44. The minimum Gasteiger partial charge on any atom is -0.447 e. The molecule has 0 bridgehead atoms. The van der Waals surface area contributed by atoms with Gasteiger partial charge in [0.2, 0.25) is 0 Å². The standard InChI is InChI=1S/C27H34N4O7/c1-27(2,3)24(32)22-18-31-17-21(9-10-23(31)30-22)28-25(33)19-5-7-20(8-6-19)29-26(34)38-16-15-37-14-13-36-12-11-35-4/h5-10,17-18H,11-16H2,1-4H3,(H,28,33)(H,29,34). The second-order valence-corrected chi connectivity index (χ2v) is 9.40. The number of ether oxygens (including phenoxy) is 4. The Kier molecular flexibility index (Phi) is 10.3. The number of benzene rings is 1. The number of fused-ring (bicyclic) bond motifs is 1. The highest BCUT2D eigenvalue weighted by molar-refractivity contribution is 6.04. The van der Waals surface area contributed by atoms with Gasteiger partial charge in [0, 0.05) is 36.2 Å². The number of anilines is 2. The Morgan fingerprint density at radius 3 is 2.11 bits per heavy atom. The van der Waals surface area contributed by atoms with Crippen LogP contribution in [0.2, 0.25) is 0 Å². The molecule has 1 aromatic carbocycles. The molecule has 2 N–H and O–H groups in total. The lowest BCUT2D eigenvalue weighted by Gasteiger charge is -2.13. The number of hydrogen-bond donors (Lipinski definition) is 2. The number of carbonyl (C=O) groups is 3. The summed E-state index contributed by atoms with van der Waals surface area (Å²) in [5.41, 5.74) is 1.87. The maximum atomic E-state index is 12.7. The maximum Gasteiger partial charge on any atom is 0.411 e. The monoisotopic (exact) mass is 526 g/mol. The quantitative estimate of drug-likeness (QED) is 0.252. The normalized spacial score (nSPS) is 11.4. The molecule has 0 radical (unpaired) electrons. The molecule has 2 amide bonds. The van der Waals surface area contributed by atoms with E-state index in [4.69, 9.17) is 18.9 Å². The largest absolute Gasteiger partial charge is 0.447 e. The van der Waals surface area contributed by atoms with E-state index in [-0.39, 0.29) is 24.9 Å². The molecule has 0 fully saturated rings. The summed E-state index contributed by atoms with van der Waals surface area (Å²) in [4.78, 5) is 41.5. The van der Waals surface area contributed by atoms with Gasteiger partial charge in [-0.15, -0.1) is 0 Å². The topological polar surface area (TPSA) is 129 Å². The van der Waals surface area contributed by atoms with Gasteiger partial charge < -0.3 is 28.7 Å². The molecule has 204 valence electrons. The van der Waals surface area contributed by atoms with Gasteiger partial charge in [-0.1, -0.05) is 20.8 Å². The van der Waals surface area contributed by atoms with Gasteiger partial charge in [0.25, 0.3) is 5.91 Å². The van der Waals surface area contributed by atoms with E-state index >= 15 is 0 Å². The average molecular weight is 527 g/mol. The fourth-order valence-corrected chi connectivity index (χ4v) is 3.28. The number of nitrogens with zero attached hydrogens (tertiary/aromatic N) is 2. The Labute approximate surface area is 221 Å². The summed E-state index contributed by atoms with van der Waals surface area (Å²) in [6, 6.07) is 9.84. The number of nitrogens with one attached hydrogen (secondary N) is 2. The van der Waals surface area contributed by atoms with Crippen molar-refractivity contribution in [1.82, 2.24) is 9.38 Å². The summed E-state index contributed by atoms with van der Waals surface area (Å²) < 4.78 is 22.2. The molecule has 3 rings (SSSR count). The first kappa shape index (κ1) is 28.8. The van der Waals surface area contributed by atoms with Crippen molar-refractivity contribution < 1.29 is 33.3 Å². The van der Waals surface area contributed by atoms with E-state index in [0.29, 0.717) is 54.7 Å². The Morgan fingerprint density at radius 1 is 0.816 bits per heavy atom. The average Bonchev–Trinajstić information content (AvgIpc) is 3.30. The second-order valence-electron chi connectivity index (χ2n) is 9.40. The number of carbonyl (C=O) groups excluding carboxylic acids is 3. The number of rotatable bonds is 13. The van der Waals surface area contributed by atoms with Crippen molar-refractivity contribution in [1.29, 1.82) is 0 Å². The number of hydrogen-bond acceptors (Lipinski definition) is 8. The molecule has 2 heterocycles. The van der Waals surface area contributed by atoms with Crippen LogP contribution in [0.25, 0.3) is 5.65 Å². The molecule has 0 atom stereocenters. The van der Waals surface area contributed by atoms with Crippen molar-refractivity contribution in [2.75, 3.05) is 57.4 Å². The number of ketones is 1. The van der Waals surface area contributed by atoms with Crippen LogP contribution in [0.1, 0.15) is 41.6 Å². The van der Waals surface area contributed by atoms with Crippen molar-refractivity contribution in [2.24, 2.45) is 5.41 Å². The molecule has 0 aliphatic rings. The molecule has 11 nitrogen and oxygen atoms in total. The van der Waals surface area contributed by atoms with Crippen LogP contribution in [0.4, 0.5) is 16.2 Å². The van der Waals surface area contributed by atoms with Crippen LogP contribution < -0.4 is 10.6 Å². The summed E-state index contributed by atoms with van der Waals surface area (Å²) in [5, 5.41) is 5.42. The molecule has 0 saturated carbocycles. The first-order valence-electron chi connectivity index (χ1n) is 12.2. The van der Waals surface area contributed by atoms with Gasteiger partial charge >= 0.3 is 6.09 Å². The van der Waals surface area contributed by atoms with Crippen LogP contribution in [-0.4, -0.2) is 73.9 Å². The summed E-state index contributed by atoms with van der Waals surface area (Å²) in [6.45, 7) is 7.73. The summed E-state index contributed by atoms with van der Waals surface area (Å²) >= 11 is 0. The zero-order valence-electron chi connectivity index (χ0n) is 22.1. The van der Waals surface area contributed by atoms with Gasteiger partial charge in [0.05, 0.1) is 38.7 Å². The van der Waals surface area contributed by atoms with Crippen molar-refractivity contribution in [3.8, 4) is 0 Å². The van der Waals surface area contributed by atoms with E-state index < -0.39 is 11.5 Å². The van der Waals surface area contributed by atoms with Crippen LogP contribution in [0.3, 0.4) is 0 Å². The van der Waals surface area contributed by atoms with Crippen LogP contribution >= 0.6 is 0 Å². The number of pyridine rings is 1. The first-order valence-corrected chi connectivity index (χ1v) is 12.2. The van der Waals surface area contributed by atoms with Crippen LogP contribution in [0.15, 0.2) is 48.8 Å². The molecule has 0 spiro atoms. The van der Waals surface area contributed by atoms with Gasteiger partial charge in [-0.3, -0.25) is 14.9 Å². The molecule has 0 saturated heterocycles. The third-order valence-electron chi connectivity index (χ3n) is 5.28. The predicted molar refractivity (Wildman–Crippen MR) is 142 cm³/mol. The highest BCUT2D eigenvalue weighted by Crippen LogP contribution is 2.21. The van der Waals surface area contributed by atoms with Gasteiger partial charge in [-0.25, -0.2) is 9.78 Å². The van der Waals surface area contributed by atoms with Crippen molar-refractivity contribution >= 4 is 34.8 Å². The Morgan fingerprint density at radius 2 is 1.45 bits per heavy atom. The van der Waals surface area contributed by atoms with Crippen LogP contribution in [-0.2, 0) is 18.9 Å². The van der Waals surface area contributed by atoms with Gasteiger partial charge in [0.15, 0.2) is 5.78 Å². The highest BCUT2D eigenvalue weighted by atomic mass is 16.6. The lowest BCUT2D eigenvalue weighted by atomic mass is 9.89. The van der Waals surface area contributed by atoms with Crippen LogP contribution in [0.5, 0.6) is 0 Å². The molecular formula is C27H34N4O7. The Bertz CT molecular complexity index is 1230. The lowest BCUT2D eigenvalue weighted by molar-refractivity contribution is 0.0141. The maximum absolute atomic E-state index is 12.7. The molecule has 38 heavy (non-hydrogen) atoms. The number of methoxy groups -OCH3 is 1. The van der Waals surface area contributed by atoms with E-state index in [0.717, 1.165) is 0 Å². The number of imidazole rings is 1. The summed E-state index contributed by atoms with van der Waals surface area (Å²) in [7, 11) is 1.60. The summed E-state index contributed by atoms with van der Waals surface area (Å²) in [6.07, 6.45) is 2.73. The minimum atomic E-state index is -0.625. The predicted octanol–water partition coefficient (Wildman–Crippen LogP) is 4.04. The van der Waals surface area contributed by atoms with Crippen molar-refractivity contribution in [3.05, 3.63) is 60.0 Å². The second kappa shape index (κ2) is 13.7. The number of amides is 2. The van der Waals surface area contributed by atoms with Gasteiger partial charge in [-0.05, 0) is 36.4 Å². The van der Waals surface area contributed by atoms with E-state index in [1.165, 1.54) is 0 Å². The molecule has 2 aromatic heterocycles. The minimum absolute atomic E-state index is 0.0581. The van der Waals surface area contributed by atoms with Gasteiger partial charge in [0.1, 0.15) is 17.9 Å². The van der Waals surface area contributed by atoms with Crippen LogP contribution in [0, 0.1) is 5.41 Å². The molecule has 0 aliphatic heterocycles. The fourth-order valence-electron chi connectivity index (χ4n) is 3.28. The zero-order chi connectivity index (χ0) is 27.5. The highest BCUT2D eigenvalue weighted by Gasteiger charge is 2.25. The van der Waals surface area contributed by atoms with E-state index in [9.17, 15) is 14.4 Å².